The van der Waals surface area contributed by atoms with Crippen molar-refractivity contribution in [2.75, 3.05) is 39.2 Å². The lowest BCUT2D eigenvalue weighted by Gasteiger charge is -2.19. The van der Waals surface area contributed by atoms with Crippen molar-refractivity contribution < 1.29 is 9.53 Å². The molecule has 0 atom stereocenters. The standard InChI is InChI=1S/C22H25N3O2S.ClH/c1-24(2)14-7-15-25(21(26)13-10-17-8-5-4-6-9-17)22-23-19-12-11-18(27-3)16-20(19)28-22;/h4-6,8-13,16H,7,14-15H2,1-3H3;1H. The predicted octanol–water partition coefficient (Wildman–Crippen LogP) is 4.72. The molecule has 1 amide bonds. The van der Waals surface area contributed by atoms with Crippen molar-refractivity contribution in [3.8, 4) is 5.75 Å². The van der Waals surface area contributed by atoms with Crippen LogP contribution in [0.1, 0.15) is 12.0 Å². The number of hydrogen-bond acceptors (Lipinski definition) is 5. The normalized spacial score (nSPS) is 11.0. The van der Waals surface area contributed by atoms with Crippen LogP contribution in [0.25, 0.3) is 16.3 Å². The average Bonchev–Trinajstić information content (AvgIpc) is 3.12. The van der Waals surface area contributed by atoms with Crippen molar-refractivity contribution in [2.45, 2.75) is 6.42 Å². The summed E-state index contributed by atoms with van der Waals surface area (Å²) in [6, 6.07) is 15.6. The summed E-state index contributed by atoms with van der Waals surface area (Å²) in [5, 5.41) is 0.713. The number of carbonyl (C=O) groups excluding carboxylic acids is 1. The van der Waals surface area contributed by atoms with Gasteiger partial charge in [-0.2, -0.15) is 0 Å². The van der Waals surface area contributed by atoms with E-state index in [4.69, 9.17) is 4.74 Å². The van der Waals surface area contributed by atoms with Crippen LogP contribution in [0.5, 0.6) is 5.75 Å². The molecule has 0 aliphatic rings. The molecule has 0 spiro atoms. The van der Waals surface area contributed by atoms with Gasteiger partial charge in [0.1, 0.15) is 5.75 Å². The maximum atomic E-state index is 13.0. The van der Waals surface area contributed by atoms with E-state index in [1.165, 1.54) is 11.3 Å². The van der Waals surface area contributed by atoms with Gasteiger partial charge in [-0.15, -0.1) is 12.4 Å². The number of methoxy groups -OCH3 is 1. The van der Waals surface area contributed by atoms with E-state index in [0.717, 1.165) is 34.5 Å². The first kappa shape index (κ1) is 22.9. The summed E-state index contributed by atoms with van der Waals surface area (Å²) >= 11 is 1.51. The van der Waals surface area contributed by atoms with Crippen LogP contribution >= 0.6 is 23.7 Å². The fourth-order valence-electron chi connectivity index (χ4n) is 2.80. The van der Waals surface area contributed by atoms with Gasteiger partial charge in [-0.3, -0.25) is 9.69 Å². The maximum absolute atomic E-state index is 13.0. The summed E-state index contributed by atoms with van der Waals surface area (Å²) in [6.07, 6.45) is 4.34. The largest absolute Gasteiger partial charge is 0.497 e. The van der Waals surface area contributed by atoms with Gasteiger partial charge in [0, 0.05) is 12.6 Å². The lowest BCUT2D eigenvalue weighted by Crippen LogP contribution is -2.32. The Morgan fingerprint density at radius 1 is 1.14 bits per heavy atom. The summed E-state index contributed by atoms with van der Waals surface area (Å²) in [7, 11) is 5.71. The molecule has 1 heterocycles. The third-order valence-corrected chi connectivity index (χ3v) is 5.33. The number of nitrogens with zero attached hydrogens (tertiary/aromatic N) is 3. The number of carbonyl (C=O) groups is 1. The van der Waals surface area contributed by atoms with E-state index >= 15 is 0 Å². The molecule has 3 rings (SSSR count). The zero-order chi connectivity index (χ0) is 19.9. The van der Waals surface area contributed by atoms with Crippen molar-refractivity contribution in [2.24, 2.45) is 0 Å². The molecule has 7 heteroatoms. The Morgan fingerprint density at radius 3 is 2.59 bits per heavy atom. The van der Waals surface area contributed by atoms with E-state index in [9.17, 15) is 4.79 Å². The molecular weight excluding hydrogens is 406 g/mol. The summed E-state index contributed by atoms with van der Waals surface area (Å²) < 4.78 is 6.31. The zero-order valence-corrected chi connectivity index (χ0v) is 18.5. The molecule has 5 nitrogen and oxygen atoms in total. The fourth-order valence-corrected chi connectivity index (χ4v) is 3.83. The monoisotopic (exact) mass is 431 g/mol. The third kappa shape index (κ3) is 6.29. The summed E-state index contributed by atoms with van der Waals surface area (Å²) in [6.45, 7) is 1.53. The molecule has 0 radical (unpaired) electrons. The first-order valence-corrected chi connectivity index (χ1v) is 10.0. The van der Waals surface area contributed by atoms with E-state index in [2.05, 4.69) is 9.88 Å². The number of fused-ring (bicyclic) bond motifs is 1. The first-order valence-electron chi connectivity index (χ1n) is 9.21. The summed E-state index contributed by atoms with van der Waals surface area (Å²) in [5.41, 5.74) is 1.87. The number of benzene rings is 2. The second-order valence-electron chi connectivity index (χ2n) is 6.72. The van der Waals surface area contributed by atoms with E-state index in [1.54, 1.807) is 18.1 Å². The van der Waals surface area contributed by atoms with Crippen molar-refractivity contribution in [1.29, 1.82) is 0 Å². The molecule has 0 bridgehead atoms. The van der Waals surface area contributed by atoms with Crippen LogP contribution in [0.2, 0.25) is 0 Å². The number of ether oxygens (including phenoxy) is 1. The van der Waals surface area contributed by atoms with Crippen LogP contribution in [0.15, 0.2) is 54.6 Å². The number of rotatable bonds is 8. The van der Waals surface area contributed by atoms with Crippen LogP contribution < -0.4 is 9.64 Å². The van der Waals surface area contributed by atoms with Crippen molar-refractivity contribution >= 4 is 51.1 Å². The highest BCUT2D eigenvalue weighted by molar-refractivity contribution is 7.22. The van der Waals surface area contributed by atoms with E-state index in [1.807, 2.05) is 68.7 Å². The van der Waals surface area contributed by atoms with Gasteiger partial charge >= 0.3 is 0 Å². The van der Waals surface area contributed by atoms with E-state index < -0.39 is 0 Å². The number of halogens is 1. The fraction of sp³-hybridized carbons (Fsp3) is 0.273. The topological polar surface area (TPSA) is 45.7 Å². The summed E-state index contributed by atoms with van der Waals surface area (Å²) in [5.74, 6) is 0.728. The van der Waals surface area contributed by atoms with E-state index in [0.29, 0.717) is 11.7 Å². The van der Waals surface area contributed by atoms with Crippen LogP contribution in [-0.4, -0.2) is 50.1 Å². The Morgan fingerprint density at radius 2 is 1.90 bits per heavy atom. The van der Waals surface area contributed by atoms with Crippen LogP contribution in [0.3, 0.4) is 0 Å². The first-order chi connectivity index (χ1) is 13.6. The number of amides is 1. The Hall–Kier alpha value is -2.41. The van der Waals surface area contributed by atoms with E-state index in [-0.39, 0.29) is 18.3 Å². The quantitative estimate of drug-likeness (QED) is 0.484. The summed E-state index contributed by atoms with van der Waals surface area (Å²) in [4.78, 5) is 21.5. The Labute approximate surface area is 182 Å². The zero-order valence-electron chi connectivity index (χ0n) is 16.9. The molecule has 0 aliphatic carbocycles. The molecule has 154 valence electrons. The molecule has 0 aliphatic heterocycles. The molecule has 0 unspecified atom stereocenters. The molecule has 0 N–H and O–H groups in total. The average molecular weight is 432 g/mol. The van der Waals surface area contributed by atoms with Crippen molar-refractivity contribution in [3.05, 3.63) is 60.2 Å². The Bertz CT molecular complexity index is 957. The van der Waals surface area contributed by atoms with Gasteiger partial charge in [0.15, 0.2) is 5.13 Å². The molecular formula is C22H26ClN3O2S. The van der Waals surface area contributed by atoms with Gasteiger partial charge in [0.2, 0.25) is 0 Å². The van der Waals surface area contributed by atoms with Crippen molar-refractivity contribution in [1.82, 2.24) is 9.88 Å². The number of thiazole rings is 1. The molecule has 0 saturated carbocycles. The molecule has 0 fully saturated rings. The van der Waals surface area contributed by atoms with Crippen LogP contribution in [-0.2, 0) is 4.79 Å². The minimum atomic E-state index is -0.0615. The second-order valence-corrected chi connectivity index (χ2v) is 7.73. The third-order valence-electron chi connectivity index (χ3n) is 4.29. The second kappa shape index (κ2) is 11.0. The SMILES string of the molecule is COc1ccc2nc(N(CCCN(C)C)C(=O)C=Cc3ccccc3)sc2c1.Cl. The van der Waals surface area contributed by atoms with Crippen LogP contribution in [0, 0.1) is 0 Å². The van der Waals surface area contributed by atoms with Crippen molar-refractivity contribution in [3.63, 3.8) is 0 Å². The van der Waals surface area contributed by atoms with Gasteiger partial charge < -0.3 is 9.64 Å². The highest BCUT2D eigenvalue weighted by atomic mass is 35.5. The smallest absolute Gasteiger partial charge is 0.252 e. The Balaban J connectivity index is 0.00000300. The molecule has 1 aromatic heterocycles. The minimum absolute atomic E-state index is 0. The molecule has 3 aromatic rings. The Kier molecular flexibility index (Phi) is 8.64. The van der Waals surface area contributed by atoms with Gasteiger partial charge in [0.05, 0.1) is 17.3 Å². The van der Waals surface area contributed by atoms with Gasteiger partial charge in [-0.05, 0) is 56.9 Å². The number of aromatic nitrogens is 1. The highest BCUT2D eigenvalue weighted by Gasteiger charge is 2.18. The lowest BCUT2D eigenvalue weighted by molar-refractivity contribution is -0.114. The number of anilines is 1. The minimum Gasteiger partial charge on any atom is -0.497 e. The van der Waals surface area contributed by atoms with Gasteiger partial charge in [-0.25, -0.2) is 4.98 Å². The predicted molar refractivity (Wildman–Crippen MR) is 124 cm³/mol. The van der Waals surface area contributed by atoms with Gasteiger partial charge in [0.25, 0.3) is 5.91 Å². The van der Waals surface area contributed by atoms with Gasteiger partial charge in [-0.1, -0.05) is 41.7 Å². The molecule has 2 aromatic carbocycles. The van der Waals surface area contributed by atoms with Crippen LogP contribution in [0.4, 0.5) is 5.13 Å². The lowest BCUT2D eigenvalue weighted by atomic mass is 10.2. The molecule has 29 heavy (non-hydrogen) atoms. The number of hydrogen-bond donors (Lipinski definition) is 0. The highest BCUT2D eigenvalue weighted by Crippen LogP contribution is 2.31. The maximum Gasteiger partial charge on any atom is 0.252 e. The molecule has 0 saturated heterocycles.